The lowest BCUT2D eigenvalue weighted by Gasteiger charge is -2.14. The SMILES string of the molecule is COc1cc2nccc(Oc3cc4ccccc4cc3C(C)=O)c2cc1OC. The topological polar surface area (TPSA) is 57.7 Å². The second kappa shape index (κ2) is 7.19. The molecule has 4 aromatic rings. The summed E-state index contributed by atoms with van der Waals surface area (Å²) in [4.78, 5) is 16.6. The van der Waals surface area contributed by atoms with Crippen LogP contribution in [0.25, 0.3) is 21.7 Å². The Morgan fingerprint density at radius 3 is 2.18 bits per heavy atom. The Hall–Kier alpha value is -3.60. The van der Waals surface area contributed by atoms with Gasteiger partial charge in [-0.15, -0.1) is 0 Å². The van der Waals surface area contributed by atoms with Crippen molar-refractivity contribution in [1.82, 2.24) is 4.98 Å². The quantitative estimate of drug-likeness (QED) is 0.438. The number of hydrogen-bond acceptors (Lipinski definition) is 5. The Morgan fingerprint density at radius 2 is 1.50 bits per heavy atom. The third kappa shape index (κ3) is 3.11. The monoisotopic (exact) mass is 373 g/mol. The maximum absolute atomic E-state index is 12.2. The number of aromatic nitrogens is 1. The second-order valence-electron chi connectivity index (χ2n) is 6.39. The molecule has 4 rings (SSSR count). The maximum Gasteiger partial charge on any atom is 0.163 e. The minimum absolute atomic E-state index is 0.0571. The van der Waals surface area contributed by atoms with Gasteiger partial charge in [0.05, 0.1) is 25.3 Å². The molecule has 0 aliphatic carbocycles. The summed E-state index contributed by atoms with van der Waals surface area (Å²) in [6.07, 6.45) is 1.66. The molecule has 5 heteroatoms. The summed E-state index contributed by atoms with van der Waals surface area (Å²) < 4.78 is 17.0. The van der Waals surface area contributed by atoms with Crippen LogP contribution in [0.2, 0.25) is 0 Å². The summed E-state index contributed by atoms with van der Waals surface area (Å²) in [5, 5.41) is 2.76. The zero-order valence-corrected chi connectivity index (χ0v) is 15.9. The molecule has 1 aromatic heterocycles. The van der Waals surface area contributed by atoms with Crippen LogP contribution in [0.5, 0.6) is 23.0 Å². The van der Waals surface area contributed by atoms with Gasteiger partial charge in [-0.25, -0.2) is 0 Å². The molecule has 5 nitrogen and oxygen atoms in total. The van der Waals surface area contributed by atoms with Crippen LogP contribution in [0.1, 0.15) is 17.3 Å². The van der Waals surface area contributed by atoms with Crippen molar-refractivity contribution >= 4 is 27.5 Å². The van der Waals surface area contributed by atoms with E-state index in [1.54, 1.807) is 32.5 Å². The highest BCUT2D eigenvalue weighted by molar-refractivity contribution is 6.02. The number of ether oxygens (including phenoxy) is 3. The Bertz CT molecular complexity index is 1200. The predicted molar refractivity (Wildman–Crippen MR) is 109 cm³/mol. The lowest BCUT2D eigenvalue weighted by molar-refractivity contribution is 0.101. The standard InChI is InChI=1S/C23H19NO4/c1-14(25)17-10-15-6-4-5-7-16(15)11-21(17)28-20-8-9-24-19-13-23(27-3)22(26-2)12-18(19)20/h4-13H,1-3H3. The van der Waals surface area contributed by atoms with Crippen LogP contribution in [0.15, 0.2) is 60.8 Å². The summed E-state index contributed by atoms with van der Waals surface area (Å²) >= 11 is 0. The minimum atomic E-state index is -0.0571. The van der Waals surface area contributed by atoms with Crippen LogP contribution < -0.4 is 14.2 Å². The molecule has 0 radical (unpaired) electrons. The predicted octanol–water partition coefficient (Wildman–Crippen LogP) is 5.40. The molecule has 0 spiro atoms. The fraction of sp³-hybridized carbons (Fsp3) is 0.130. The molecule has 0 bridgehead atoms. The summed E-state index contributed by atoms with van der Waals surface area (Å²) in [7, 11) is 3.16. The van der Waals surface area contributed by atoms with Gasteiger partial charge in [-0.2, -0.15) is 0 Å². The number of Topliss-reactive ketones (excluding diaryl/α,β-unsaturated/α-hetero) is 1. The number of nitrogens with zero attached hydrogens (tertiary/aromatic N) is 1. The van der Waals surface area contributed by atoms with Gasteiger partial charge < -0.3 is 14.2 Å². The lowest BCUT2D eigenvalue weighted by Crippen LogP contribution is -1.98. The van der Waals surface area contributed by atoms with E-state index in [1.165, 1.54) is 6.92 Å². The van der Waals surface area contributed by atoms with Gasteiger partial charge >= 0.3 is 0 Å². The molecule has 0 atom stereocenters. The molecule has 1 heterocycles. The molecule has 140 valence electrons. The normalized spacial score (nSPS) is 10.8. The molecular formula is C23H19NO4. The number of methoxy groups -OCH3 is 2. The Labute approximate surface area is 162 Å². The number of pyridine rings is 1. The molecule has 0 aliphatic rings. The smallest absolute Gasteiger partial charge is 0.163 e. The zero-order valence-electron chi connectivity index (χ0n) is 15.9. The van der Waals surface area contributed by atoms with Gasteiger partial charge in [0.25, 0.3) is 0 Å². The van der Waals surface area contributed by atoms with Crippen molar-refractivity contribution in [3.05, 3.63) is 66.4 Å². The first kappa shape index (κ1) is 17.8. The van der Waals surface area contributed by atoms with Crippen molar-refractivity contribution in [2.45, 2.75) is 6.92 Å². The molecule has 0 aliphatic heterocycles. The number of rotatable bonds is 5. The molecule has 28 heavy (non-hydrogen) atoms. The summed E-state index contributed by atoms with van der Waals surface area (Å²) in [6, 6.07) is 17.0. The molecule has 0 unspecified atom stereocenters. The summed E-state index contributed by atoms with van der Waals surface area (Å²) in [6.45, 7) is 1.54. The Kier molecular flexibility index (Phi) is 4.57. The zero-order chi connectivity index (χ0) is 19.7. The third-order valence-electron chi connectivity index (χ3n) is 4.65. The average molecular weight is 373 g/mol. The molecule has 3 aromatic carbocycles. The van der Waals surface area contributed by atoms with Crippen LogP contribution >= 0.6 is 0 Å². The van der Waals surface area contributed by atoms with Gasteiger partial charge in [0.2, 0.25) is 0 Å². The van der Waals surface area contributed by atoms with Gasteiger partial charge in [0.1, 0.15) is 11.5 Å². The highest BCUT2D eigenvalue weighted by Crippen LogP contribution is 2.38. The fourth-order valence-electron chi connectivity index (χ4n) is 3.23. The fourth-order valence-corrected chi connectivity index (χ4v) is 3.23. The molecule has 0 amide bonds. The van der Waals surface area contributed by atoms with Gasteiger partial charge in [0, 0.05) is 17.6 Å². The van der Waals surface area contributed by atoms with Crippen LogP contribution in [0.3, 0.4) is 0 Å². The molecule has 0 N–H and O–H groups in total. The second-order valence-corrected chi connectivity index (χ2v) is 6.39. The van der Waals surface area contributed by atoms with E-state index < -0.39 is 0 Å². The van der Waals surface area contributed by atoms with Crippen LogP contribution in [-0.4, -0.2) is 25.0 Å². The van der Waals surface area contributed by atoms with Crippen molar-refractivity contribution in [2.24, 2.45) is 0 Å². The van der Waals surface area contributed by atoms with Crippen LogP contribution in [0, 0.1) is 0 Å². The molecule has 0 fully saturated rings. The van der Waals surface area contributed by atoms with E-state index in [1.807, 2.05) is 42.5 Å². The molecule has 0 saturated heterocycles. The van der Waals surface area contributed by atoms with Gasteiger partial charge in [-0.05, 0) is 42.0 Å². The number of carbonyl (C=O) groups excluding carboxylic acids is 1. The highest BCUT2D eigenvalue weighted by atomic mass is 16.5. The van der Waals surface area contributed by atoms with Crippen molar-refractivity contribution in [3.8, 4) is 23.0 Å². The Balaban J connectivity index is 1.88. The van der Waals surface area contributed by atoms with E-state index in [-0.39, 0.29) is 5.78 Å². The molecule has 0 saturated carbocycles. The summed E-state index contributed by atoms with van der Waals surface area (Å²) in [5.41, 5.74) is 1.24. The number of carbonyl (C=O) groups is 1. The van der Waals surface area contributed by atoms with E-state index in [0.717, 1.165) is 16.2 Å². The first-order valence-corrected chi connectivity index (χ1v) is 8.83. The number of fused-ring (bicyclic) bond motifs is 2. The minimum Gasteiger partial charge on any atom is -0.493 e. The van der Waals surface area contributed by atoms with Gasteiger partial charge in [-0.1, -0.05) is 24.3 Å². The average Bonchev–Trinajstić information content (AvgIpc) is 2.72. The first-order chi connectivity index (χ1) is 13.6. The van der Waals surface area contributed by atoms with Crippen LogP contribution in [0.4, 0.5) is 0 Å². The van der Waals surface area contributed by atoms with Gasteiger partial charge in [-0.3, -0.25) is 9.78 Å². The van der Waals surface area contributed by atoms with Gasteiger partial charge in [0.15, 0.2) is 17.3 Å². The maximum atomic E-state index is 12.2. The third-order valence-corrected chi connectivity index (χ3v) is 4.65. The van der Waals surface area contributed by atoms with Crippen molar-refractivity contribution < 1.29 is 19.0 Å². The summed E-state index contributed by atoms with van der Waals surface area (Å²) in [5.74, 6) is 2.21. The van der Waals surface area contributed by atoms with E-state index in [2.05, 4.69) is 4.98 Å². The highest BCUT2D eigenvalue weighted by Gasteiger charge is 2.15. The van der Waals surface area contributed by atoms with E-state index in [0.29, 0.717) is 34.1 Å². The number of benzene rings is 3. The van der Waals surface area contributed by atoms with E-state index in [4.69, 9.17) is 14.2 Å². The Morgan fingerprint density at radius 1 is 0.821 bits per heavy atom. The van der Waals surface area contributed by atoms with Crippen molar-refractivity contribution in [3.63, 3.8) is 0 Å². The number of ketones is 1. The molecular weight excluding hydrogens is 354 g/mol. The van der Waals surface area contributed by atoms with Crippen molar-refractivity contribution in [2.75, 3.05) is 14.2 Å². The first-order valence-electron chi connectivity index (χ1n) is 8.83. The lowest BCUT2D eigenvalue weighted by atomic mass is 10.0. The van der Waals surface area contributed by atoms with E-state index >= 15 is 0 Å². The number of hydrogen-bond donors (Lipinski definition) is 0. The van der Waals surface area contributed by atoms with Crippen LogP contribution in [-0.2, 0) is 0 Å². The largest absolute Gasteiger partial charge is 0.493 e. The van der Waals surface area contributed by atoms with Crippen molar-refractivity contribution in [1.29, 1.82) is 0 Å². The van der Waals surface area contributed by atoms with E-state index in [9.17, 15) is 4.79 Å².